The lowest BCUT2D eigenvalue weighted by molar-refractivity contribution is 0.580. The maximum atomic E-state index is 4.26. The van der Waals surface area contributed by atoms with E-state index < -0.39 is 0 Å². The Morgan fingerprint density at radius 1 is 1.14 bits per heavy atom. The van der Waals surface area contributed by atoms with Crippen molar-refractivity contribution in [2.75, 3.05) is 36.5 Å². The number of aryl methyl sites for hydroxylation is 1. The molecular formula is C17H22N4. The maximum Gasteiger partial charge on any atom is 0.150 e. The summed E-state index contributed by atoms with van der Waals surface area (Å²) in [6.45, 7) is 5.25. The van der Waals surface area contributed by atoms with Crippen LogP contribution in [-0.2, 0) is 0 Å². The molecule has 0 N–H and O–H groups in total. The highest BCUT2D eigenvalue weighted by Crippen LogP contribution is 2.24. The molecule has 0 spiro atoms. The zero-order valence-corrected chi connectivity index (χ0v) is 12.7. The van der Waals surface area contributed by atoms with E-state index in [2.05, 4.69) is 57.4 Å². The molecule has 110 valence electrons. The molecule has 2 heterocycles. The summed E-state index contributed by atoms with van der Waals surface area (Å²) in [5.74, 6) is 1.64. The van der Waals surface area contributed by atoms with Gasteiger partial charge in [-0.1, -0.05) is 18.2 Å². The predicted octanol–water partition coefficient (Wildman–Crippen LogP) is 2.75. The van der Waals surface area contributed by atoms with E-state index in [0.717, 1.165) is 31.1 Å². The van der Waals surface area contributed by atoms with Crippen LogP contribution in [0.15, 0.2) is 42.5 Å². The van der Waals surface area contributed by atoms with Gasteiger partial charge in [0.2, 0.25) is 0 Å². The number of anilines is 2. The minimum Gasteiger partial charge on any atom is -0.371 e. The van der Waals surface area contributed by atoms with E-state index >= 15 is 0 Å². The minimum absolute atomic E-state index is 0.679. The van der Waals surface area contributed by atoms with Crippen molar-refractivity contribution in [3.05, 3.63) is 48.2 Å². The van der Waals surface area contributed by atoms with Crippen LogP contribution in [0.1, 0.15) is 12.1 Å². The third-order valence-electron chi connectivity index (χ3n) is 4.11. The van der Waals surface area contributed by atoms with Gasteiger partial charge in [0.05, 0.1) is 5.69 Å². The maximum absolute atomic E-state index is 4.26. The van der Waals surface area contributed by atoms with E-state index in [4.69, 9.17) is 0 Å². The van der Waals surface area contributed by atoms with Crippen LogP contribution < -0.4 is 9.80 Å². The second-order valence-electron chi connectivity index (χ2n) is 5.85. The Bertz CT molecular complexity index is 567. The summed E-state index contributed by atoms with van der Waals surface area (Å²) < 4.78 is 0. The Hall–Kier alpha value is -2.10. The fourth-order valence-corrected chi connectivity index (χ4v) is 2.93. The van der Waals surface area contributed by atoms with Crippen LogP contribution in [0.2, 0.25) is 0 Å². The van der Waals surface area contributed by atoms with E-state index in [1.807, 2.05) is 19.1 Å². The van der Waals surface area contributed by atoms with Crippen LogP contribution in [0, 0.1) is 12.8 Å². The van der Waals surface area contributed by atoms with Crippen LogP contribution in [0.25, 0.3) is 0 Å². The van der Waals surface area contributed by atoms with Crippen molar-refractivity contribution in [2.24, 2.45) is 5.92 Å². The van der Waals surface area contributed by atoms with Gasteiger partial charge in [0.1, 0.15) is 0 Å². The Labute approximate surface area is 126 Å². The van der Waals surface area contributed by atoms with Gasteiger partial charge in [0, 0.05) is 32.4 Å². The Morgan fingerprint density at radius 3 is 2.67 bits per heavy atom. The van der Waals surface area contributed by atoms with Gasteiger partial charge in [0.25, 0.3) is 0 Å². The highest BCUT2D eigenvalue weighted by molar-refractivity contribution is 5.47. The van der Waals surface area contributed by atoms with Crippen LogP contribution in [0.3, 0.4) is 0 Å². The lowest BCUT2D eigenvalue weighted by Crippen LogP contribution is -2.28. The van der Waals surface area contributed by atoms with Crippen molar-refractivity contribution in [1.82, 2.24) is 10.2 Å². The van der Waals surface area contributed by atoms with Crippen LogP contribution in [0.4, 0.5) is 11.5 Å². The van der Waals surface area contributed by atoms with Gasteiger partial charge in [-0.2, -0.15) is 5.10 Å². The molecule has 21 heavy (non-hydrogen) atoms. The molecule has 0 saturated carbocycles. The van der Waals surface area contributed by atoms with Gasteiger partial charge >= 0.3 is 0 Å². The van der Waals surface area contributed by atoms with Crippen molar-refractivity contribution < 1.29 is 0 Å². The predicted molar refractivity (Wildman–Crippen MR) is 86.8 cm³/mol. The monoisotopic (exact) mass is 282 g/mol. The largest absolute Gasteiger partial charge is 0.371 e. The standard InChI is InChI=1S/C17H22N4/c1-14-8-9-17(19-18-14)20(2)12-15-10-11-21(13-15)16-6-4-3-5-7-16/h3-9,15H,10-13H2,1-2H3/t15-/m1/s1. The average Bonchev–Trinajstić information content (AvgIpc) is 2.97. The molecule has 0 radical (unpaired) electrons. The van der Waals surface area contributed by atoms with E-state index in [1.54, 1.807) is 0 Å². The number of nitrogens with zero attached hydrogens (tertiary/aromatic N) is 4. The van der Waals surface area contributed by atoms with Gasteiger partial charge < -0.3 is 9.80 Å². The first kappa shape index (κ1) is 13.9. The fraction of sp³-hybridized carbons (Fsp3) is 0.412. The topological polar surface area (TPSA) is 32.3 Å². The Balaban J connectivity index is 1.58. The molecule has 0 amide bonds. The first-order valence-electron chi connectivity index (χ1n) is 7.54. The van der Waals surface area contributed by atoms with E-state index in [9.17, 15) is 0 Å². The molecule has 0 unspecified atom stereocenters. The summed E-state index contributed by atoms with van der Waals surface area (Å²) in [4.78, 5) is 4.69. The van der Waals surface area contributed by atoms with Crippen LogP contribution in [-0.4, -0.2) is 36.9 Å². The third-order valence-corrected chi connectivity index (χ3v) is 4.11. The summed E-state index contributed by atoms with van der Waals surface area (Å²) in [5.41, 5.74) is 2.29. The molecule has 3 rings (SSSR count). The molecule has 1 aromatic carbocycles. The lowest BCUT2D eigenvalue weighted by Gasteiger charge is -2.23. The number of benzene rings is 1. The number of aromatic nitrogens is 2. The summed E-state index contributed by atoms with van der Waals surface area (Å²) in [6.07, 6.45) is 1.23. The normalized spacial score (nSPS) is 18.0. The van der Waals surface area contributed by atoms with E-state index in [-0.39, 0.29) is 0 Å². The first-order valence-corrected chi connectivity index (χ1v) is 7.54. The van der Waals surface area contributed by atoms with Gasteiger partial charge in [-0.15, -0.1) is 5.10 Å². The summed E-state index contributed by atoms with van der Waals surface area (Å²) >= 11 is 0. The second-order valence-corrected chi connectivity index (χ2v) is 5.85. The smallest absolute Gasteiger partial charge is 0.150 e. The van der Waals surface area contributed by atoms with Crippen molar-refractivity contribution in [3.8, 4) is 0 Å². The fourth-order valence-electron chi connectivity index (χ4n) is 2.93. The molecule has 0 aliphatic carbocycles. The highest BCUT2D eigenvalue weighted by Gasteiger charge is 2.24. The van der Waals surface area contributed by atoms with E-state index in [0.29, 0.717) is 5.92 Å². The minimum atomic E-state index is 0.679. The van der Waals surface area contributed by atoms with Crippen LogP contribution >= 0.6 is 0 Å². The summed E-state index contributed by atoms with van der Waals surface area (Å²) in [6, 6.07) is 14.7. The number of hydrogen-bond donors (Lipinski definition) is 0. The van der Waals surface area contributed by atoms with Crippen molar-refractivity contribution in [1.29, 1.82) is 0 Å². The first-order chi connectivity index (χ1) is 10.2. The van der Waals surface area contributed by atoms with Gasteiger partial charge in [0.15, 0.2) is 5.82 Å². The molecular weight excluding hydrogens is 260 g/mol. The number of para-hydroxylation sites is 1. The van der Waals surface area contributed by atoms with Crippen LogP contribution in [0.5, 0.6) is 0 Å². The molecule has 1 saturated heterocycles. The van der Waals surface area contributed by atoms with Crippen molar-refractivity contribution in [2.45, 2.75) is 13.3 Å². The van der Waals surface area contributed by atoms with Gasteiger partial charge in [-0.3, -0.25) is 0 Å². The highest BCUT2D eigenvalue weighted by atomic mass is 15.3. The number of hydrogen-bond acceptors (Lipinski definition) is 4. The third kappa shape index (κ3) is 3.32. The molecule has 2 aromatic rings. The summed E-state index contributed by atoms with van der Waals surface area (Å²) in [7, 11) is 2.10. The molecule has 4 nitrogen and oxygen atoms in total. The van der Waals surface area contributed by atoms with E-state index in [1.165, 1.54) is 12.1 Å². The molecule has 1 aliphatic rings. The molecule has 1 fully saturated rings. The molecule has 0 bridgehead atoms. The summed E-state index contributed by atoms with van der Waals surface area (Å²) in [5, 5.41) is 8.39. The lowest BCUT2D eigenvalue weighted by atomic mass is 10.1. The van der Waals surface area contributed by atoms with Gasteiger partial charge in [-0.25, -0.2) is 0 Å². The Morgan fingerprint density at radius 2 is 1.95 bits per heavy atom. The van der Waals surface area contributed by atoms with Crippen molar-refractivity contribution >= 4 is 11.5 Å². The quantitative estimate of drug-likeness (QED) is 0.863. The van der Waals surface area contributed by atoms with Gasteiger partial charge in [-0.05, 0) is 43.5 Å². The second kappa shape index (κ2) is 6.12. The van der Waals surface area contributed by atoms with Crippen molar-refractivity contribution in [3.63, 3.8) is 0 Å². The number of rotatable bonds is 4. The average molecular weight is 282 g/mol. The molecule has 1 aromatic heterocycles. The Kier molecular flexibility index (Phi) is 4.04. The molecule has 1 aliphatic heterocycles. The zero-order chi connectivity index (χ0) is 14.7. The molecule has 4 heteroatoms. The SMILES string of the molecule is Cc1ccc(N(C)C[C@H]2CCN(c3ccccc3)C2)nn1. The molecule has 1 atom stereocenters. The zero-order valence-electron chi connectivity index (χ0n) is 12.7.